The van der Waals surface area contributed by atoms with Crippen molar-refractivity contribution >= 4 is 40.6 Å². The zero-order valence-electron chi connectivity index (χ0n) is 25.3. The number of benzene rings is 3. The molecule has 1 aliphatic heterocycles. The first-order chi connectivity index (χ1) is 22.5. The maximum atomic E-state index is 13.8. The van der Waals surface area contributed by atoms with E-state index < -0.39 is 0 Å². The number of methoxy groups -OCH3 is 1. The van der Waals surface area contributed by atoms with Crippen LogP contribution in [0.5, 0.6) is 11.5 Å². The summed E-state index contributed by atoms with van der Waals surface area (Å²) in [7, 11) is 1.63. The summed E-state index contributed by atoms with van der Waals surface area (Å²) < 4.78 is 12.8. The van der Waals surface area contributed by atoms with Gasteiger partial charge < -0.3 is 14.8 Å². The van der Waals surface area contributed by atoms with Crippen LogP contribution >= 0.6 is 23.1 Å². The molecule has 10 nitrogen and oxygen atoms in total. The van der Waals surface area contributed by atoms with E-state index in [9.17, 15) is 9.59 Å². The van der Waals surface area contributed by atoms with Crippen LogP contribution in [0, 0.1) is 0 Å². The van der Waals surface area contributed by atoms with Crippen LogP contribution in [-0.2, 0) is 11.3 Å². The molecule has 0 bridgehead atoms. The summed E-state index contributed by atoms with van der Waals surface area (Å²) >= 11 is 2.88. The van der Waals surface area contributed by atoms with E-state index in [0.717, 1.165) is 33.3 Å². The molecular formula is C34H32N6O4S2. The number of ether oxygens (including phenoxy) is 2. The van der Waals surface area contributed by atoms with Gasteiger partial charge in [0.05, 0.1) is 42.6 Å². The van der Waals surface area contributed by atoms with Gasteiger partial charge in [-0.3, -0.25) is 14.2 Å². The second kappa shape index (κ2) is 14.4. The number of thioether (sulfide) groups is 1. The van der Waals surface area contributed by atoms with Gasteiger partial charge in [-0.1, -0.05) is 48.2 Å². The van der Waals surface area contributed by atoms with Crippen molar-refractivity contribution in [3.63, 3.8) is 0 Å². The minimum Gasteiger partial charge on any atom is -0.497 e. The molecule has 0 radical (unpaired) electrons. The van der Waals surface area contributed by atoms with E-state index in [0.29, 0.717) is 29.6 Å². The molecular weight excluding hydrogens is 621 g/mol. The van der Waals surface area contributed by atoms with Crippen LogP contribution in [0.3, 0.4) is 0 Å². The SMILES string of the molecule is CCOc1ccc(-n2c(CNC(=O)c3ccccc3)nnc2SCC(=O)N2N=C(c3cccs3)CC2c2ccc(OC)cc2)cc1. The fourth-order valence-electron chi connectivity index (χ4n) is 5.09. The summed E-state index contributed by atoms with van der Waals surface area (Å²) in [5.41, 5.74) is 3.18. The van der Waals surface area contributed by atoms with Gasteiger partial charge in [-0.15, -0.1) is 21.5 Å². The average molecular weight is 653 g/mol. The molecule has 5 aromatic rings. The Bertz CT molecular complexity index is 1810. The standard InChI is InChI=1S/C34H32N6O4S2/c1-3-44-27-17-13-25(14-18-27)39-31(21-35-33(42)24-8-5-4-6-9-24)36-37-34(39)46-22-32(41)40-29(23-11-15-26(43-2)16-12-23)20-28(38-40)30-10-7-19-45-30/h4-19,29H,3,20-22H2,1-2H3,(H,35,42). The van der Waals surface area contributed by atoms with Crippen molar-refractivity contribution in [1.82, 2.24) is 25.1 Å². The maximum absolute atomic E-state index is 13.8. The van der Waals surface area contributed by atoms with Gasteiger partial charge in [-0.2, -0.15) is 5.10 Å². The molecule has 2 amide bonds. The molecule has 1 aliphatic rings. The van der Waals surface area contributed by atoms with Crippen LogP contribution < -0.4 is 14.8 Å². The summed E-state index contributed by atoms with van der Waals surface area (Å²) in [5.74, 6) is 1.72. The summed E-state index contributed by atoms with van der Waals surface area (Å²) in [6.45, 7) is 2.62. The van der Waals surface area contributed by atoms with Crippen molar-refractivity contribution in [1.29, 1.82) is 0 Å². The first-order valence-corrected chi connectivity index (χ1v) is 16.6. The lowest BCUT2D eigenvalue weighted by molar-refractivity contribution is -0.130. The predicted molar refractivity (Wildman–Crippen MR) is 179 cm³/mol. The molecule has 234 valence electrons. The smallest absolute Gasteiger partial charge is 0.253 e. The minimum atomic E-state index is -0.246. The molecule has 1 N–H and O–H groups in total. The monoisotopic (exact) mass is 652 g/mol. The molecule has 46 heavy (non-hydrogen) atoms. The minimum absolute atomic E-state index is 0.0828. The van der Waals surface area contributed by atoms with Crippen molar-refractivity contribution in [2.75, 3.05) is 19.5 Å². The van der Waals surface area contributed by atoms with Gasteiger partial charge >= 0.3 is 0 Å². The van der Waals surface area contributed by atoms with Crippen LogP contribution in [0.2, 0.25) is 0 Å². The Balaban J connectivity index is 1.24. The number of aromatic nitrogens is 3. The van der Waals surface area contributed by atoms with E-state index in [1.807, 2.05) is 95.7 Å². The molecule has 1 unspecified atom stereocenters. The van der Waals surface area contributed by atoms with Crippen LogP contribution in [0.25, 0.3) is 5.69 Å². The van der Waals surface area contributed by atoms with Gasteiger partial charge in [-0.25, -0.2) is 5.01 Å². The Morgan fingerprint density at radius 2 is 1.72 bits per heavy atom. The number of thiophene rings is 1. The van der Waals surface area contributed by atoms with Gasteiger partial charge in [0, 0.05) is 17.7 Å². The molecule has 6 rings (SSSR count). The number of amides is 2. The number of nitrogens with zero attached hydrogens (tertiary/aromatic N) is 5. The van der Waals surface area contributed by atoms with E-state index in [-0.39, 0.29) is 30.2 Å². The number of carbonyl (C=O) groups is 2. The molecule has 12 heteroatoms. The summed E-state index contributed by atoms with van der Waals surface area (Å²) in [5, 5.41) is 20.7. The van der Waals surface area contributed by atoms with Gasteiger partial charge in [0.25, 0.3) is 11.8 Å². The zero-order chi connectivity index (χ0) is 31.9. The van der Waals surface area contributed by atoms with Crippen molar-refractivity contribution in [2.45, 2.75) is 31.1 Å². The van der Waals surface area contributed by atoms with Gasteiger partial charge in [0.15, 0.2) is 11.0 Å². The molecule has 0 aliphatic carbocycles. The van der Waals surface area contributed by atoms with Gasteiger partial charge in [0.1, 0.15) is 11.5 Å². The topological polar surface area (TPSA) is 111 Å². The molecule has 0 spiro atoms. The number of rotatable bonds is 12. The number of hydrogen-bond donors (Lipinski definition) is 1. The lowest BCUT2D eigenvalue weighted by Crippen LogP contribution is -2.28. The largest absolute Gasteiger partial charge is 0.497 e. The highest BCUT2D eigenvalue weighted by atomic mass is 32.2. The summed E-state index contributed by atoms with van der Waals surface area (Å²) in [4.78, 5) is 27.7. The van der Waals surface area contributed by atoms with E-state index in [4.69, 9.17) is 14.6 Å². The second-order valence-corrected chi connectivity index (χ2v) is 12.1. The van der Waals surface area contributed by atoms with Crippen LogP contribution in [0.1, 0.15) is 46.0 Å². The highest BCUT2D eigenvalue weighted by Gasteiger charge is 2.33. The van der Waals surface area contributed by atoms with E-state index in [2.05, 4.69) is 15.5 Å². The van der Waals surface area contributed by atoms with Crippen molar-refractivity contribution < 1.29 is 19.1 Å². The van der Waals surface area contributed by atoms with Crippen molar-refractivity contribution in [2.24, 2.45) is 5.10 Å². The van der Waals surface area contributed by atoms with E-state index in [1.165, 1.54) is 11.8 Å². The molecule has 0 saturated heterocycles. The molecule has 1 atom stereocenters. The summed E-state index contributed by atoms with van der Waals surface area (Å²) in [6, 6.07) is 28.0. The normalized spacial score (nSPS) is 14.2. The quantitative estimate of drug-likeness (QED) is 0.161. The summed E-state index contributed by atoms with van der Waals surface area (Å²) in [6.07, 6.45) is 0.608. The average Bonchev–Trinajstić information content (AvgIpc) is 3.88. The van der Waals surface area contributed by atoms with Crippen molar-refractivity contribution in [3.8, 4) is 17.2 Å². The number of hydrazone groups is 1. The number of nitrogens with one attached hydrogen (secondary N) is 1. The third-order valence-electron chi connectivity index (χ3n) is 7.35. The first kappa shape index (κ1) is 31.1. The predicted octanol–water partition coefficient (Wildman–Crippen LogP) is 6.14. The Morgan fingerprint density at radius 3 is 2.41 bits per heavy atom. The molecule has 0 fully saturated rings. The molecule has 0 saturated carbocycles. The molecule has 2 aromatic heterocycles. The van der Waals surface area contributed by atoms with Gasteiger partial charge in [-0.05, 0) is 72.5 Å². The lowest BCUT2D eigenvalue weighted by Gasteiger charge is -2.22. The Hall–Kier alpha value is -4.94. The Kier molecular flexibility index (Phi) is 9.75. The number of hydrogen-bond acceptors (Lipinski definition) is 9. The highest BCUT2D eigenvalue weighted by Crippen LogP contribution is 2.35. The maximum Gasteiger partial charge on any atom is 0.253 e. The fourth-order valence-corrected chi connectivity index (χ4v) is 6.63. The number of carbonyl (C=O) groups excluding carboxylic acids is 2. The Labute approximate surface area is 275 Å². The Morgan fingerprint density at radius 1 is 0.957 bits per heavy atom. The lowest BCUT2D eigenvalue weighted by atomic mass is 10.0. The first-order valence-electron chi connectivity index (χ1n) is 14.7. The molecule has 3 aromatic carbocycles. The zero-order valence-corrected chi connectivity index (χ0v) is 27.0. The van der Waals surface area contributed by atoms with Crippen molar-refractivity contribution in [3.05, 3.63) is 118 Å². The second-order valence-electron chi connectivity index (χ2n) is 10.3. The highest BCUT2D eigenvalue weighted by molar-refractivity contribution is 7.99. The molecule has 3 heterocycles. The van der Waals surface area contributed by atoms with E-state index >= 15 is 0 Å². The van der Waals surface area contributed by atoms with Crippen LogP contribution in [0.15, 0.2) is 107 Å². The third-order valence-corrected chi connectivity index (χ3v) is 9.18. The van der Waals surface area contributed by atoms with E-state index in [1.54, 1.807) is 35.6 Å². The van der Waals surface area contributed by atoms with Gasteiger partial charge in [0.2, 0.25) is 0 Å². The van der Waals surface area contributed by atoms with Crippen LogP contribution in [-0.4, -0.2) is 56.8 Å². The third kappa shape index (κ3) is 6.98. The van der Waals surface area contributed by atoms with Crippen LogP contribution in [0.4, 0.5) is 0 Å². The fraction of sp³-hybridized carbons (Fsp3) is 0.206.